The minimum absolute atomic E-state index is 0.147. The monoisotopic (exact) mass is 822 g/mol. The second kappa shape index (κ2) is 26.8. The molecule has 0 aromatic heterocycles. The van der Waals surface area contributed by atoms with Crippen LogP contribution < -0.4 is 0 Å². The molecule has 1 aliphatic heterocycles. The highest BCUT2D eigenvalue weighted by molar-refractivity contribution is 5.25. The summed E-state index contributed by atoms with van der Waals surface area (Å²) in [4.78, 5) is 2.61. The first-order valence-corrected chi connectivity index (χ1v) is 26.6. The number of hydrogen-bond donors (Lipinski definition) is 0. The molecule has 4 aliphatic carbocycles. The molecule has 59 heavy (non-hydrogen) atoms. The lowest BCUT2D eigenvalue weighted by molar-refractivity contribution is -0.0803. The Kier molecular flexibility index (Phi) is 22.4. The zero-order valence-corrected chi connectivity index (χ0v) is 40.3. The number of likely N-dealkylation sites (tertiary alicyclic amines) is 1. The number of nitrogens with zero attached hydrogens (tertiary/aromatic N) is 1. The average molecular weight is 822 g/mol. The summed E-state index contributed by atoms with van der Waals surface area (Å²) < 4.78 is 19.5. The highest BCUT2D eigenvalue weighted by Crippen LogP contribution is 2.67. The number of piperidine rings is 1. The van der Waals surface area contributed by atoms with Gasteiger partial charge in [0.15, 0.2) is 0 Å². The fourth-order valence-corrected chi connectivity index (χ4v) is 13.5. The summed E-state index contributed by atoms with van der Waals surface area (Å²) in [6, 6.07) is 0. The Bertz CT molecular complexity index is 1170. The molecule has 9 atom stereocenters. The first-order valence-electron chi connectivity index (χ1n) is 26.6. The van der Waals surface area contributed by atoms with Crippen molar-refractivity contribution < 1.29 is 14.2 Å². The highest BCUT2D eigenvalue weighted by Gasteiger charge is 2.59. The molecule has 0 bridgehead atoms. The van der Waals surface area contributed by atoms with Gasteiger partial charge in [0.05, 0.1) is 32.0 Å². The maximum atomic E-state index is 6.64. The molecule has 5 rings (SSSR count). The molecular weight excluding hydrogens is 723 g/mol. The van der Waals surface area contributed by atoms with E-state index in [2.05, 4.69) is 64.7 Å². The van der Waals surface area contributed by atoms with Crippen LogP contribution in [0.15, 0.2) is 23.8 Å². The number of fused-ring (bicyclic) bond motifs is 5. The summed E-state index contributed by atoms with van der Waals surface area (Å²) in [7, 11) is 0. The van der Waals surface area contributed by atoms with Crippen molar-refractivity contribution in [1.82, 2.24) is 4.90 Å². The Morgan fingerprint density at radius 1 is 0.729 bits per heavy atom. The van der Waals surface area contributed by atoms with Gasteiger partial charge in [-0.2, -0.15) is 0 Å². The Labute approximate surface area is 367 Å². The van der Waals surface area contributed by atoms with Gasteiger partial charge in [-0.05, 0) is 156 Å². The van der Waals surface area contributed by atoms with Crippen molar-refractivity contribution in [3.8, 4) is 0 Å². The third kappa shape index (κ3) is 15.5. The number of rotatable bonds is 30. The van der Waals surface area contributed by atoms with Crippen LogP contribution in [0.4, 0.5) is 0 Å². The second-order valence-electron chi connectivity index (χ2n) is 21.9. The van der Waals surface area contributed by atoms with E-state index in [0.29, 0.717) is 30.1 Å². The van der Waals surface area contributed by atoms with Crippen molar-refractivity contribution in [2.24, 2.45) is 46.3 Å². The Morgan fingerprint density at radius 2 is 1.44 bits per heavy atom. The summed E-state index contributed by atoms with van der Waals surface area (Å²) in [5, 5.41) is 0. The summed E-state index contributed by atoms with van der Waals surface area (Å²) in [6.07, 6.45) is 46.1. The molecule has 4 nitrogen and oxygen atoms in total. The van der Waals surface area contributed by atoms with Crippen LogP contribution in [0, 0.1) is 46.3 Å². The first-order chi connectivity index (χ1) is 28.7. The quantitative estimate of drug-likeness (QED) is 0.0533. The van der Waals surface area contributed by atoms with Crippen LogP contribution in [0.2, 0.25) is 0 Å². The summed E-state index contributed by atoms with van der Waals surface area (Å²) in [6.45, 7) is 21.5. The topological polar surface area (TPSA) is 30.9 Å². The molecule has 1 heterocycles. The Morgan fingerprint density at radius 3 is 2.17 bits per heavy atom. The summed E-state index contributed by atoms with van der Waals surface area (Å²) >= 11 is 0. The van der Waals surface area contributed by atoms with Crippen molar-refractivity contribution in [3.63, 3.8) is 0 Å². The van der Waals surface area contributed by atoms with E-state index in [4.69, 9.17) is 14.2 Å². The molecular formula is C55H99NO3. The standard InChI is InChI=1S/C55H99NO3/c1-7-8-9-10-11-12-13-14-15-16-17-18-19-20-21-25-39-57-44-49(43-56-37-23-22-24-38-56)59-41-40-58-48-33-35-54(5)47(42-48)29-30-50-52-32-31-51(46(4)28-26-27-45(2)3)55(52,6)36-34-53(50)54/h14-15,29,45-46,48-53H,7-13,16-28,30-44H2,1-6H3/t46-,48+,49?,50+,51-,52+,53+,54+,55-/m1/s1. The molecule has 1 unspecified atom stereocenters. The third-order valence-corrected chi connectivity index (χ3v) is 17.1. The number of unbranched alkanes of at least 4 members (excludes halogenated alkanes) is 12. The van der Waals surface area contributed by atoms with Crippen molar-refractivity contribution in [3.05, 3.63) is 23.8 Å². The fourth-order valence-electron chi connectivity index (χ4n) is 13.5. The van der Waals surface area contributed by atoms with E-state index in [1.54, 1.807) is 5.57 Å². The molecule has 0 amide bonds. The minimum Gasteiger partial charge on any atom is -0.379 e. The second-order valence-corrected chi connectivity index (χ2v) is 21.9. The molecule has 0 N–H and O–H groups in total. The van der Waals surface area contributed by atoms with Gasteiger partial charge >= 0.3 is 0 Å². The van der Waals surface area contributed by atoms with E-state index < -0.39 is 0 Å². The molecule has 0 aromatic rings. The molecule has 4 heteroatoms. The molecule has 342 valence electrons. The molecule has 0 aromatic carbocycles. The molecule has 0 radical (unpaired) electrons. The molecule has 0 spiro atoms. The molecule has 5 aliphatic rings. The lowest BCUT2D eigenvalue weighted by Gasteiger charge is -2.58. The van der Waals surface area contributed by atoms with Gasteiger partial charge in [0.1, 0.15) is 0 Å². The van der Waals surface area contributed by atoms with Crippen LogP contribution >= 0.6 is 0 Å². The zero-order valence-electron chi connectivity index (χ0n) is 40.3. The van der Waals surface area contributed by atoms with E-state index in [1.807, 2.05) is 0 Å². The van der Waals surface area contributed by atoms with Crippen LogP contribution in [-0.4, -0.2) is 63.2 Å². The fraction of sp³-hybridized carbons (Fsp3) is 0.927. The molecule has 4 fully saturated rings. The lowest BCUT2D eigenvalue weighted by atomic mass is 9.47. The van der Waals surface area contributed by atoms with E-state index in [0.717, 1.165) is 61.7 Å². The Hall–Kier alpha value is -0.680. The van der Waals surface area contributed by atoms with Gasteiger partial charge in [-0.25, -0.2) is 0 Å². The van der Waals surface area contributed by atoms with Crippen LogP contribution in [0.5, 0.6) is 0 Å². The predicted octanol–water partition coefficient (Wildman–Crippen LogP) is 15.3. The number of ether oxygens (including phenoxy) is 3. The van der Waals surface area contributed by atoms with Crippen molar-refractivity contribution in [2.75, 3.05) is 46.1 Å². The maximum Gasteiger partial charge on any atom is 0.0936 e. The zero-order chi connectivity index (χ0) is 41.8. The van der Waals surface area contributed by atoms with Crippen molar-refractivity contribution in [1.29, 1.82) is 0 Å². The normalized spacial score (nSPS) is 31.0. The number of allylic oxidation sites excluding steroid dienone is 3. The van der Waals surface area contributed by atoms with Gasteiger partial charge in [-0.1, -0.05) is 149 Å². The average Bonchev–Trinajstić information content (AvgIpc) is 3.59. The molecule has 3 saturated carbocycles. The van der Waals surface area contributed by atoms with Gasteiger partial charge in [0, 0.05) is 13.2 Å². The minimum atomic E-state index is 0.147. The van der Waals surface area contributed by atoms with Crippen LogP contribution in [-0.2, 0) is 14.2 Å². The van der Waals surface area contributed by atoms with Crippen molar-refractivity contribution in [2.45, 2.75) is 234 Å². The van der Waals surface area contributed by atoms with E-state index in [9.17, 15) is 0 Å². The lowest BCUT2D eigenvalue weighted by Crippen LogP contribution is -2.51. The highest BCUT2D eigenvalue weighted by atomic mass is 16.6. The maximum absolute atomic E-state index is 6.64. The predicted molar refractivity (Wildman–Crippen MR) is 253 cm³/mol. The SMILES string of the molecule is CCCCCCCCC=CCCCCCCCCOCC(CN1CCCCC1)OCCO[C@H]1CC[C@@]2(C)C(=CC[C@H]3[C@@H]4CC[C@H]([C@H](C)CCCC(C)C)[C@@]4(C)CC[C@@H]32)C1. The van der Waals surface area contributed by atoms with E-state index >= 15 is 0 Å². The van der Waals surface area contributed by atoms with E-state index in [1.165, 1.54) is 186 Å². The third-order valence-electron chi connectivity index (χ3n) is 17.1. The van der Waals surface area contributed by atoms with Crippen LogP contribution in [0.3, 0.4) is 0 Å². The smallest absolute Gasteiger partial charge is 0.0936 e. The summed E-state index contributed by atoms with van der Waals surface area (Å²) in [5.74, 6) is 5.40. The number of hydrogen-bond acceptors (Lipinski definition) is 4. The Balaban J connectivity index is 0.955. The van der Waals surface area contributed by atoms with Crippen LogP contribution in [0.1, 0.15) is 221 Å². The molecule has 1 saturated heterocycles. The van der Waals surface area contributed by atoms with Gasteiger partial charge in [0.25, 0.3) is 0 Å². The van der Waals surface area contributed by atoms with Gasteiger partial charge < -0.3 is 19.1 Å². The van der Waals surface area contributed by atoms with Crippen molar-refractivity contribution >= 4 is 0 Å². The van der Waals surface area contributed by atoms with Crippen LogP contribution in [0.25, 0.3) is 0 Å². The largest absolute Gasteiger partial charge is 0.379 e. The van der Waals surface area contributed by atoms with Gasteiger partial charge in [-0.15, -0.1) is 0 Å². The summed E-state index contributed by atoms with van der Waals surface area (Å²) in [5.41, 5.74) is 2.71. The van der Waals surface area contributed by atoms with Gasteiger partial charge in [-0.3, -0.25) is 0 Å². The van der Waals surface area contributed by atoms with E-state index in [-0.39, 0.29) is 6.10 Å². The first kappa shape index (κ1) is 49.3. The van der Waals surface area contributed by atoms with Gasteiger partial charge in [0.2, 0.25) is 0 Å².